The van der Waals surface area contributed by atoms with Crippen molar-refractivity contribution >= 4 is 31.9 Å². The van der Waals surface area contributed by atoms with Gasteiger partial charge in [0.15, 0.2) is 0 Å². The van der Waals surface area contributed by atoms with Gasteiger partial charge in [-0.15, -0.1) is 0 Å². The third-order valence-electron chi connectivity index (χ3n) is 3.04. The summed E-state index contributed by atoms with van der Waals surface area (Å²) in [4.78, 5) is 0. The fraction of sp³-hybridized carbons (Fsp3) is 1.00. The Morgan fingerprint density at radius 2 is 1.76 bits per heavy atom. The number of rotatable bonds is 2. The molecule has 0 bridgehead atoms. The first-order valence-electron chi connectivity index (χ1n) is 7.24. The van der Waals surface area contributed by atoms with Crippen LogP contribution < -0.4 is 0 Å². The van der Waals surface area contributed by atoms with Crippen LogP contribution in [-0.2, 0) is 23.7 Å². The van der Waals surface area contributed by atoms with Crippen molar-refractivity contribution in [2.45, 2.75) is 31.7 Å². The van der Waals surface area contributed by atoms with E-state index in [9.17, 15) is 0 Å². The van der Waals surface area contributed by atoms with E-state index < -0.39 is 0 Å². The molecule has 0 aromatic carbocycles. The molecule has 1 saturated heterocycles. The highest BCUT2D eigenvalue weighted by atomic mass is 79.9. The summed E-state index contributed by atoms with van der Waals surface area (Å²) in [5.41, 5.74) is -0.349. The standard InChI is InChI=1S/C14H26Br2O5/c1-12-8-18-11-14(2,10-16)21-6-4-17-3-5-19-13(7-15)9-20-12/h12-13H,3-11H2,1-2H3/t12?,13-,14-/m0/s1. The first-order valence-corrected chi connectivity index (χ1v) is 9.48. The minimum atomic E-state index is -0.349. The fourth-order valence-corrected chi connectivity index (χ4v) is 2.44. The summed E-state index contributed by atoms with van der Waals surface area (Å²) in [6, 6.07) is 0. The van der Waals surface area contributed by atoms with Crippen molar-refractivity contribution in [2.24, 2.45) is 0 Å². The van der Waals surface area contributed by atoms with Gasteiger partial charge in [0.05, 0.1) is 64.1 Å². The van der Waals surface area contributed by atoms with Crippen molar-refractivity contribution in [3.8, 4) is 0 Å². The van der Waals surface area contributed by atoms with Crippen LogP contribution in [0, 0.1) is 0 Å². The van der Waals surface area contributed by atoms with Crippen LogP contribution in [0.15, 0.2) is 0 Å². The summed E-state index contributed by atoms with van der Waals surface area (Å²) in [5.74, 6) is 0. The molecule has 0 aromatic rings. The van der Waals surface area contributed by atoms with Gasteiger partial charge in [0.1, 0.15) is 0 Å². The normalized spacial score (nSPS) is 34.9. The lowest BCUT2D eigenvalue weighted by molar-refractivity contribution is -0.0998. The fourth-order valence-electron chi connectivity index (χ4n) is 1.74. The van der Waals surface area contributed by atoms with Crippen molar-refractivity contribution in [3.05, 3.63) is 0 Å². The molecule has 0 amide bonds. The smallest absolute Gasteiger partial charge is 0.0984 e. The van der Waals surface area contributed by atoms with Gasteiger partial charge < -0.3 is 23.7 Å². The Hall–Kier alpha value is 0.760. The Morgan fingerprint density at radius 3 is 2.48 bits per heavy atom. The van der Waals surface area contributed by atoms with Crippen molar-refractivity contribution in [1.29, 1.82) is 0 Å². The molecule has 0 spiro atoms. The van der Waals surface area contributed by atoms with E-state index >= 15 is 0 Å². The lowest BCUT2D eigenvalue weighted by atomic mass is 10.1. The maximum atomic E-state index is 5.85. The molecular formula is C14H26Br2O5. The number of alkyl halides is 2. The molecule has 1 heterocycles. The summed E-state index contributed by atoms with van der Waals surface area (Å²) in [6.07, 6.45) is 0.0568. The molecule has 3 atom stereocenters. The van der Waals surface area contributed by atoms with Gasteiger partial charge in [-0.25, -0.2) is 0 Å². The molecule has 1 aliphatic rings. The molecule has 1 unspecified atom stereocenters. The summed E-state index contributed by atoms with van der Waals surface area (Å²) in [7, 11) is 0. The van der Waals surface area contributed by atoms with Gasteiger partial charge in [0.25, 0.3) is 0 Å². The van der Waals surface area contributed by atoms with E-state index in [1.807, 2.05) is 13.8 Å². The molecule has 0 saturated carbocycles. The Morgan fingerprint density at radius 1 is 1.00 bits per heavy atom. The topological polar surface area (TPSA) is 46.2 Å². The molecule has 1 aliphatic heterocycles. The van der Waals surface area contributed by atoms with E-state index in [0.717, 1.165) is 5.33 Å². The quantitative estimate of drug-likeness (QED) is 0.625. The monoisotopic (exact) mass is 432 g/mol. The second-order valence-electron chi connectivity index (χ2n) is 5.35. The Bertz CT molecular complexity index is 270. The number of hydrogen-bond donors (Lipinski definition) is 0. The summed E-state index contributed by atoms with van der Waals surface area (Å²) >= 11 is 6.91. The second kappa shape index (κ2) is 11.3. The molecule has 21 heavy (non-hydrogen) atoms. The van der Waals surface area contributed by atoms with Crippen LogP contribution in [0.5, 0.6) is 0 Å². The van der Waals surface area contributed by atoms with E-state index in [4.69, 9.17) is 23.7 Å². The first kappa shape index (κ1) is 19.8. The highest BCUT2D eigenvalue weighted by Crippen LogP contribution is 2.15. The van der Waals surface area contributed by atoms with E-state index in [0.29, 0.717) is 51.6 Å². The molecule has 0 N–H and O–H groups in total. The summed E-state index contributed by atoms with van der Waals surface area (Å²) in [5, 5.41) is 1.45. The minimum absolute atomic E-state index is 0.0242. The van der Waals surface area contributed by atoms with Crippen LogP contribution >= 0.6 is 31.9 Å². The number of ether oxygens (including phenoxy) is 5. The van der Waals surface area contributed by atoms with Gasteiger partial charge in [-0.05, 0) is 13.8 Å². The molecule has 1 rings (SSSR count). The maximum Gasteiger partial charge on any atom is 0.0984 e. The van der Waals surface area contributed by atoms with Gasteiger partial charge >= 0.3 is 0 Å². The highest BCUT2D eigenvalue weighted by Gasteiger charge is 2.24. The zero-order valence-electron chi connectivity index (χ0n) is 12.8. The lowest BCUT2D eigenvalue weighted by Crippen LogP contribution is -2.38. The van der Waals surface area contributed by atoms with Gasteiger partial charge in [0.2, 0.25) is 0 Å². The average molecular weight is 434 g/mol. The molecule has 0 aromatic heterocycles. The van der Waals surface area contributed by atoms with Crippen LogP contribution in [0.25, 0.3) is 0 Å². The molecule has 5 nitrogen and oxygen atoms in total. The van der Waals surface area contributed by atoms with Crippen LogP contribution in [0.1, 0.15) is 13.8 Å². The Balaban J connectivity index is 2.47. The van der Waals surface area contributed by atoms with E-state index in [2.05, 4.69) is 31.9 Å². The van der Waals surface area contributed by atoms with E-state index in [-0.39, 0.29) is 17.8 Å². The van der Waals surface area contributed by atoms with E-state index in [1.54, 1.807) is 0 Å². The van der Waals surface area contributed by atoms with Crippen molar-refractivity contribution in [2.75, 3.05) is 56.9 Å². The zero-order chi connectivity index (χ0) is 15.6. The predicted octanol–water partition coefficient (Wildman–Crippen LogP) is 2.39. The third kappa shape index (κ3) is 8.83. The van der Waals surface area contributed by atoms with E-state index in [1.165, 1.54) is 0 Å². The van der Waals surface area contributed by atoms with Crippen LogP contribution in [0.2, 0.25) is 0 Å². The second-order valence-corrected chi connectivity index (χ2v) is 6.56. The van der Waals surface area contributed by atoms with Crippen molar-refractivity contribution in [1.82, 2.24) is 0 Å². The van der Waals surface area contributed by atoms with Gasteiger partial charge in [-0.3, -0.25) is 0 Å². The Labute approximate surface area is 144 Å². The molecular weight excluding hydrogens is 408 g/mol. The zero-order valence-corrected chi connectivity index (χ0v) is 16.0. The lowest BCUT2D eigenvalue weighted by Gasteiger charge is -2.28. The third-order valence-corrected chi connectivity index (χ3v) is 4.95. The number of halogens is 2. The molecule has 7 heteroatoms. The number of hydrogen-bond acceptors (Lipinski definition) is 5. The van der Waals surface area contributed by atoms with Gasteiger partial charge in [0, 0.05) is 10.7 Å². The minimum Gasteiger partial charge on any atom is -0.377 e. The maximum absolute atomic E-state index is 5.85. The van der Waals surface area contributed by atoms with Gasteiger partial charge in [-0.2, -0.15) is 0 Å². The molecule has 1 fully saturated rings. The van der Waals surface area contributed by atoms with Gasteiger partial charge in [-0.1, -0.05) is 31.9 Å². The highest BCUT2D eigenvalue weighted by molar-refractivity contribution is 9.09. The largest absolute Gasteiger partial charge is 0.377 e. The average Bonchev–Trinajstić information content (AvgIpc) is 2.49. The first-order chi connectivity index (χ1) is 10.1. The van der Waals surface area contributed by atoms with Crippen LogP contribution in [0.3, 0.4) is 0 Å². The Kier molecular flexibility index (Phi) is 10.7. The molecule has 126 valence electrons. The summed E-state index contributed by atoms with van der Waals surface area (Å²) in [6.45, 7) is 7.83. The molecule has 0 aliphatic carbocycles. The summed E-state index contributed by atoms with van der Waals surface area (Å²) < 4.78 is 28.5. The van der Waals surface area contributed by atoms with Crippen molar-refractivity contribution < 1.29 is 23.7 Å². The van der Waals surface area contributed by atoms with Crippen LogP contribution in [-0.4, -0.2) is 74.7 Å². The van der Waals surface area contributed by atoms with Crippen molar-refractivity contribution in [3.63, 3.8) is 0 Å². The predicted molar refractivity (Wildman–Crippen MR) is 88.7 cm³/mol. The van der Waals surface area contributed by atoms with Crippen LogP contribution in [0.4, 0.5) is 0 Å². The molecule has 0 radical (unpaired) electrons. The SMILES string of the molecule is CC1COC[C@](C)(CBr)OCCOCCO[C@@H](CBr)CO1.